The molecule has 0 spiro atoms. The first-order valence-corrected chi connectivity index (χ1v) is 8.40. The molecule has 1 saturated heterocycles. The van der Waals surface area contributed by atoms with Gasteiger partial charge < -0.3 is 24.6 Å². The molecular weight excluding hydrogens is 350 g/mol. The zero-order chi connectivity index (χ0) is 18.4. The second kappa shape index (κ2) is 9.03. The van der Waals surface area contributed by atoms with Gasteiger partial charge in [0.2, 0.25) is 5.91 Å². The lowest BCUT2D eigenvalue weighted by molar-refractivity contribution is -0.145. The zero-order valence-electron chi connectivity index (χ0n) is 14.2. The van der Waals surface area contributed by atoms with Gasteiger partial charge in [0.05, 0.1) is 24.8 Å². The largest absolute Gasteiger partial charge is 0.495 e. The highest BCUT2D eigenvalue weighted by molar-refractivity contribution is 6.32. The highest BCUT2D eigenvalue weighted by Crippen LogP contribution is 2.28. The minimum absolute atomic E-state index is 0.00841. The number of amides is 1. The van der Waals surface area contributed by atoms with E-state index in [0.717, 1.165) is 12.8 Å². The van der Waals surface area contributed by atoms with E-state index in [-0.39, 0.29) is 11.1 Å². The molecule has 1 heterocycles. The van der Waals surface area contributed by atoms with Crippen LogP contribution in [-0.2, 0) is 19.1 Å². The van der Waals surface area contributed by atoms with E-state index in [9.17, 15) is 14.7 Å². The number of hydrogen-bond acceptors (Lipinski definition) is 5. The standard InChI is InChI=1S/C17H22ClNO6/c1-10(25-9-12-4-3-7-24-12)16(20)19-15(17(21)22)11-5-6-14(23-2)13(18)8-11/h5-6,8,10,12,15H,3-4,7,9H2,1-2H3,(H,19,20)(H,21,22). The van der Waals surface area contributed by atoms with Crippen LogP contribution in [0.2, 0.25) is 5.02 Å². The van der Waals surface area contributed by atoms with Crippen LogP contribution in [0.3, 0.4) is 0 Å². The van der Waals surface area contributed by atoms with Gasteiger partial charge >= 0.3 is 5.97 Å². The molecule has 1 aromatic rings. The molecule has 1 fully saturated rings. The summed E-state index contributed by atoms with van der Waals surface area (Å²) in [6.07, 6.45) is 1.08. The lowest BCUT2D eigenvalue weighted by atomic mass is 10.1. The Morgan fingerprint density at radius 2 is 2.24 bits per heavy atom. The summed E-state index contributed by atoms with van der Waals surface area (Å²) in [4.78, 5) is 23.8. The van der Waals surface area contributed by atoms with Gasteiger partial charge in [-0.2, -0.15) is 0 Å². The maximum atomic E-state index is 12.2. The summed E-state index contributed by atoms with van der Waals surface area (Å²) in [6.45, 7) is 2.58. The minimum Gasteiger partial charge on any atom is -0.495 e. The zero-order valence-corrected chi connectivity index (χ0v) is 14.9. The Balaban J connectivity index is 1.98. The van der Waals surface area contributed by atoms with Crippen molar-refractivity contribution in [2.24, 2.45) is 0 Å². The molecule has 2 rings (SSSR count). The number of carbonyl (C=O) groups excluding carboxylic acids is 1. The second-order valence-electron chi connectivity index (χ2n) is 5.78. The predicted octanol–water partition coefficient (Wildman–Crippen LogP) is 2.17. The molecule has 138 valence electrons. The summed E-state index contributed by atoms with van der Waals surface area (Å²) in [5.41, 5.74) is 0.345. The topological polar surface area (TPSA) is 94.1 Å². The van der Waals surface area contributed by atoms with Crippen LogP contribution in [0, 0.1) is 0 Å². The van der Waals surface area contributed by atoms with E-state index in [4.69, 9.17) is 25.8 Å². The molecular formula is C17H22ClNO6. The summed E-state index contributed by atoms with van der Waals surface area (Å²) in [7, 11) is 1.46. The van der Waals surface area contributed by atoms with Gasteiger partial charge in [-0.05, 0) is 37.5 Å². The Labute approximate surface area is 151 Å². The summed E-state index contributed by atoms with van der Waals surface area (Å²) < 4.78 is 16.0. The van der Waals surface area contributed by atoms with Crippen molar-refractivity contribution in [2.75, 3.05) is 20.3 Å². The molecule has 0 bridgehead atoms. The third-order valence-electron chi connectivity index (χ3n) is 3.97. The molecule has 3 atom stereocenters. The monoisotopic (exact) mass is 371 g/mol. The smallest absolute Gasteiger partial charge is 0.330 e. The third kappa shape index (κ3) is 5.32. The van der Waals surface area contributed by atoms with Crippen molar-refractivity contribution in [1.82, 2.24) is 5.32 Å². The maximum absolute atomic E-state index is 12.2. The van der Waals surface area contributed by atoms with Crippen molar-refractivity contribution in [2.45, 2.75) is 38.0 Å². The van der Waals surface area contributed by atoms with Gasteiger partial charge in [0, 0.05) is 6.61 Å². The molecule has 0 aromatic heterocycles. The SMILES string of the molecule is COc1ccc(C(NC(=O)C(C)OCC2CCCO2)C(=O)O)cc1Cl. The van der Waals surface area contributed by atoms with Gasteiger partial charge in [-0.1, -0.05) is 17.7 Å². The molecule has 0 saturated carbocycles. The lowest BCUT2D eigenvalue weighted by Gasteiger charge is -2.20. The first-order valence-electron chi connectivity index (χ1n) is 8.02. The van der Waals surface area contributed by atoms with Crippen LogP contribution in [0.5, 0.6) is 5.75 Å². The van der Waals surface area contributed by atoms with Crippen molar-refractivity contribution in [3.8, 4) is 5.75 Å². The Morgan fingerprint density at radius 1 is 1.48 bits per heavy atom. The van der Waals surface area contributed by atoms with Gasteiger partial charge in [0.1, 0.15) is 11.9 Å². The fourth-order valence-corrected chi connectivity index (χ4v) is 2.78. The summed E-state index contributed by atoms with van der Waals surface area (Å²) in [5, 5.41) is 12.2. The summed E-state index contributed by atoms with van der Waals surface area (Å²) in [5.74, 6) is -1.28. The Kier molecular flexibility index (Phi) is 7.04. The van der Waals surface area contributed by atoms with Crippen LogP contribution in [-0.4, -0.2) is 49.5 Å². The quantitative estimate of drug-likeness (QED) is 0.727. The number of carbonyl (C=O) groups is 2. The molecule has 1 amide bonds. The van der Waals surface area contributed by atoms with Crippen LogP contribution in [0.15, 0.2) is 18.2 Å². The molecule has 8 heteroatoms. The number of methoxy groups -OCH3 is 1. The molecule has 1 aromatic carbocycles. The number of carboxylic acid groups (broad SMARTS) is 1. The molecule has 2 N–H and O–H groups in total. The first kappa shape index (κ1) is 19.5. The summed E-state index contributed by atoms with van der Waals surface area (Å²) in [6, 6.07) is 3.32. The van der Waals surface area contributed by atoms with E-state index in [2.05, 4.69) is 5.32 Å². The van der Waals surface area contributed by atoms with Crippen LogP contribution in [0.1, 0.15) is 31.4 Å². The Bertz CT molecular complexity index is 617. The molecule has 1 aliphatic rings. The minimum atomic E-state index is -1.23. The normalized spacial score (nSPS) is 19.2. The molecule has 25 heavy (non-hydrogen) atoms. The van der Waals surface area contributed by atoms with Gasteiger partial charge in [-0.3, -0.25) is 4.79 Å². The number of benzene rings is 1. The molecule has 1 aliphatic heterocycles. The maximum Gasteiger partial charge on any atom is 0.330 e. The summed E-state index contributed by atoms with van der Waals surface area (Å²) >= 11 is 6.03. The van der Waals surface area contributed by atoms with Gasteiger partial charge in [-0.15, -0.1) is 0 Å². The third-order valence-corrected chi connectivity index (χ3v) is 4.26. The number of aliphatic carboxylic acids is 1. The van der Waals surface area contributed by atoms with Crippen LogP contribution in [0.4, 0.5) is 0 Å². The fraction of sp³-hybridized carbons (Fsp3) is 0.529. The van der Waals surface area contributed by atoms with E-state index >= 15 is 0 Å². The van der Waals surface area contributed by atoms with Crippen molar-refractivity contribution in [3.63, 3.8) is 0 Å². The van der Waals surface area contributed by atoms with Crippen LogP contribution >= 0.6 is 11.6 Å². The highest BCUT2D eigenvalue weighted by Gasteiger charge is 2.26. The number of carboxylic acids is 1. The van der Waals surface area contributed by atoms with Crippen molar-refractivity contribution >= 4 is 23.5 Å². The lowest BCUT2D eigenvalue weighted by Crippen LogP contribution is -2.41. The number of halogens is 1. The highest BCUT2D eigenvalue weighted by atomic mass is 35.5. The number of hydrogen-bond donors (Lipinski definition) is 2. The Morgan fingerprint density at radius 3 is 2.80 bits per heavy atom. The second-order valence-corrected chi connectivity index (χ2v) is 6.19. The van der Waals surface area contributed by atoms with Crippen molar-refractivity contribution in [3.05, 3.63) is 28.8 Å². The molecule has 0 radical (unpaired) electrons. The first-order chi connectivity index (χ1) is 11.9. The van der Waals surface area contributed by atoms with E-state index in [1.807, 2.05) is 0 Å². The average molecular weight is 372 g/mol. The number of nitrogens with one attached hydrogen (secondary N) is 1. The number of rotatable bonds is 8. The van der Waals surface area contributed by atoms with E-state index in [1.54, 1.807) is 19.1 Å². The molecule has 3 unspecified atom stereocenters. The van der Waals surface area contributed by atoms with Gasteiger partial charge in [-0.25, -0.2) is 4.79 Å². The van der Waals surface area contributed by atoms with E-state index in [0.29, 0.717) is 24.5 Å². The van der Waals surface area contributed by atoms with Crippen LogP contribution in [0.25, 0.3) is 0 Å². The van der Waals surface area contributed by atoms with Gasteiger partial charge in [0.25, 0.3) is 0 Å². The van der Waals surface area contributed by atoms with Crippen molar-refractivity contribution in [1.29, 1.82) is 0 Å². The van der Waals surface area contributed by atoms with Crippen LogP contribution < -0.4 is 10.1 Å². The van der Waals surface area contributed by atoms with E-state index in [1.165, 1.54) is 13.2 Å². The predicted molar refractivity (Wildman–Crippen MR) is 90.9 cm³/mol. The molecule has 7 nitrogen and oxygen atoms in total. The van der Waals surface area contributed by atoms with Crippen molar-refractivity contribution < 1.29 is 28.9 Å². The van der Waals surface area contributed by atoms with Gasteiger partial charge in [0.15, 0.2) is 6.04 Å². The average Bonchev–Trinajstić information content (AvgIpc) is 3.10. The van der Waals surface area contributed by atoms with E-state index < -0.39 is 24.0 Å². The Hall–Kier alpha value is -1.83. The fourth-order valence-electron chi connectivity index (χ4n) is 2.51. The molecule has 0 aliphatic carbocycles. The number of ether oxygens (including phenoxy) is 3.